The van der Waals surface area contributed by atoms with Crippen LogP contribution in [0.25, 0.3) is 0 Å². The number of carbonyl (C=O) groups is 1. The van der Waals surface area contributed by atoms with Gasteiger partial charge in [-0.25, -0.2) is 13.1 Å². The second-order valence-corrected chi connectivity index (χ2v) is 9.28. The van der Waals surface area contributed by atoms with Crippen molar-refractivity contribution >= 4 is 15.9 Å². The van der Waals surface area contributed by atoms with Crippen LogP contribution in [0.15, 0.2) is 23.1 Å². The molecule has 2 aliphatic rings. The van der Waals surface area contributed by atoms with Crippen LogP contribution in [0.1, 0.15) is 41.6 Å². The van der Waals surface area contributed by atoms with Crippen molar-refractivity contribution in [1.29, 1.82) is 0 Å². The van der Waals surface area contributed by atoms with Crippen molar-refractivity contribution in [1.82, 2.24) is 10.0 Å². The Hall–Kier alpha value is -1.44. The lowest BCUT2D eigenvalue weighted by atomic mass is 9.89. The molecule has 0 heterocycles. The van der Waals surface area contributed by atoms with Crippen LogP contribution in [0.5, 0.6) is 0 Å². The summed E-state index contributed by atoms with van der Waals surface area (Å²) in [6.07, 6.45) is 5.14. The van der Waals surface area contributed by atoms with E-state index in [1.165, 1.54) is 44.9 Å². The van der Waals surface area contributed by atoms with Crippen molar-refractivity contribution in [3.05, 3.63) is 29.3 Å². The Labute approximate surface area is 155 Å². The number of hydrogen-bond acceptors (Lipinski definition) is 4. The van der Waals surface area contributed by atoms with Gasteiger partial charge in [0.2, 0.25) is 10.0 Å². The van der Waals surface area contributed by atoms with E-state index in [9.17, 15) is 13.2 Å². The number of aryl methyl sites for hydroxylation is 1. The zero-order chi connectivity index (χ0) is 18.7. The van der Waals surface area contributed by atoms with E-state index in [1.54, 1.807) is 6.07 Å². The molecular formula is C19H28N2O4S. The third-order valence-electron chi connectivity index (χ3n) is 5.77. The van der Waals surface area contributed by atoms with Crippen LogP contribution in [0.2, 0.25) is 0 Å². The molecule has 3 atom stereocenters. The first-order chi connectivity index (χ1) is 12.4. The highest BCUT2D eigenvalue weighted by atomic mass is 32.2. The largest absolute Gasteiger partial charge is 0.383 e. The van der Waals surface area contributed by atoms with Gasteiger partial charge in [-0.2, -0.15) is 0 Å². The van der Waals surface area contributed by atoms with E-state index in [0.717, 1.165) is 17.4 Å². The molecule has 0 radical (unpaired) electrons. The molecule has 1 aromatic rings. The summed E-state index contributed by atoms with van der Waals surface area (Å²) in [6.45, 7) is 2.99. The van der Waals surface area contributed by atoms with Gasteiger partial charge in [0.1, 0.15) is 0 Å². The summed E-state index contributed by atoms with van der Waals surface area (Å²) in [5.41, 5.74) is 1.19. The summed E-state index contributed by atoms with van der Waals surface area (Å²) >= 11 is 0. The Balaban J connectivity index is 1.65. The van der Waals surface area contributed by atoms with E-state index in [1.807, 2.05) is 6.92 Å². The van der Waals surface area contributed by atoms with Gasteiger partial charge in [-0.3, -0.25) is 4.79 Å². The Morgan fingerprint density at radius 3 is 2.73 bits per heavy atom. The standard InChI is InChI=1S/C19H28N2O4S/c1-13-3-6-17(26(23,24)21-7-8-25-2)11-18(13)19(22)20-12-16-10-14-4-5-15(16)9-14/h3,6,11,14-16,21H,4-5,7-10,12H2,1-2H3,(H,20,22). The lowest BCUT2D eigenvalue weighted by Gasteiger charge is -2.22. The fraction of sp³-hybridized carbons (Fsp3) is 0.632. The van der Waals surface area contributed by atoms with Crippen molar-refractivity contribution in [3.63, 3.8) is 0 Å². The van der Waals surface area contributed by atoms with Gasteiger partial charge in [-0.15, -0.1) is 0 Å². The van der Waals surface area contributed by atoms with Gasteiger partial charge in [-0.05, 0) is 61.6 Å². The third kappa shape index (κ3) is 4.27. The maximum Gasteiger partial charge on any atom is 0.251 e. The number of ether oxygens (including phenoxy) is 1. The quantitative estimate of drug-likeness (QED) is 0.677. The molecule has 144 valence electrons. The SMILES string of the molecule is COCCNS(=O)(=O)c1ccc(C)c(C(=O)NCC2CC3CCC2C3)c1. The van der Waals surface area contributed by atoms with Crippen LogP contribution < -0.4 is 10.0 Å². The minimum atomic E-state index is -3.65. The molecule has 3 rings (SSSR count). The highest BCUT2D eigenvalue weighted by molar-refractivity contribution is 7.89. The molecule has 2 fully saturated rings. The summed E-state index contributed by atoms with van der Waals surface area (Å²) in [4.78, 5) is 12.7. The van der Waals surface area contributed by atoms with Crippen molar-refractivity contribution in [2.75, 3.05) is 26.8 Å². The maximum atomic E-state index is 12.6. The Morgan fingerprint density at radius 1 is 1.27 bits per heavy atom. The monoisotopic (exact) mass is 380 g/mol. The van der Waals surface area contributed by atoms with Crippen molar-refractivity contribution in [2.24, 2.45) is 17.8 Å². The predicted molar refractivity (Wildman–Crippen MR) is 99.5 cm³/mol. The molecule has 6 nitrogen and oxygen atoms in total. The number of nitrogens with one attached hydrogen (secondary N) is 2. The molecule has 0 aliphatic heterocycles. The second kappa shape index (κ2) is 8.06. The fourth-order valence-electron chi connectivity index (χ4n) is 4.32. The van der Waals surface area contributed by atoms with Crippen LogP contribution in [0.4, 0.5) is 0 Å². The van der Waals surface area contributed by atoms with E-state index in [2.05, 4.69) is 10.0 Å². The molecule has 26 heavy (non-hydrogen) atoms. The first kappa shape index (κ1) is 19.3. The van der Waals surface area contributed by atoms with Crippen LogP contribution in [0.3, 0.4) is 0 Å². The number of fused-ring (bicyclic) bond motifs is 2. The molecule has 2 aliphatic carbocycles. The number of sulfonamides is 1. The number of rotatable bonds is 8. The van der Waals surface area contributed by atoms with Gasteiger partial charge in [0.25, 0.3) is 5.91 Å². The highest BCUT2D eigenvalue weighted by Gasteiger charge is 2.39. The van der Waals surface area contributed by atoms with E-state index in [-0.39, 0.29) is 17.3 Å². The van der Waals surface area contributed by atoms with Gasteiger partial charge in [0.15, 0.2) is 0 Å². The van der Waals surface area contributed by atoms with E-state index in [0.29, 0.717) is 24.6 Å². The number of carbonyl (C=O) groups excluding carboxylic acids is 1. The third-order valence-corrected chi connectivity index (χ3v) is 7.23. The number of amides is 1. The first-order valence-corrected chi connectivity index (χ1v) is 10.8. The van der Waals surface area contributed by atoms with Crippen LogP contribution in [-0.4, -0.2) is 41.1 Å². The zero-order valence-electron chi connectivity index (χ0n) is 15.5. The molecule has 3 unspecified atom stereocenters. The van der Waals surface area contributed by atoms with Gasteiger partial charge in [0, 0.05) is 25.8 Å². The molecule has 0 saturated heterocycles. The average Bonchev–Trinajstić information content (AvgIpc) is 3.23. The number of hydrogen-bond donors (Lipinski definition) is 2. The summed E-state index contributed by atoms with van der Waals surface area (Å²) in [5.74, 6) is 1.97. The number of benzene rings is 1. The molecule has 1 amide bonds. The molecule has 7 heteroatoms. The molecule has 0 aromatic heterocycles. The lowest BCUT2D eigenvalue weighted by Crippen LogP contribution is -2.32. The molecule has 2 N–H and O–H groups in total. The zero-order valence-corrected chi connectivity index (χ0v) is 16.3. The minimum absolute atomic E-state index is 0.101. The van der Waals surface area contributed by atoms with E-state index < -0.39 is 10.0 Å². The molecule has 2 saturated carbocycles. The Morgan fingerprint density at radius 2 is 2.08 bits per heavy atom. The van der Waals surface area contributed by atoms with Gasteiger partial charge >= 0.3 is 0 Å². The topological polar surface area (TPSA) is 84.5 Å². The Bertz CT molecular complexity index is 763. The van der Waals surface area contributed by atoms with Gasteiger partial charge in [-0.1, -0.05) is 12.5 Å². The summed E-state index contributed by atoms with van der Waals surface area (Å²) in [6, 6.07) is 4.66. The first-order valence-electron chi connectivity index (χ1n) is 9.28. The van der Waals surface area contributed by atoms with E-state index in [4.69, 9.17) is 4.74 Å². The second-order valence-electron chi connectivity index (χ2n) is 7.51. The highest BCUT2D eigenvalue weighted by Crippen LogP contribution is 2.47. The maximum absolute atomic E-state index is 12.6. The molecular weight excluding hydrogens is 352 g/mol. The van der Waals surface area contributed by atoms with Crippen molar-refractivity contribution < 1.29 is 17.9 Å². The molecule has 1 aromatic carbocycles. The number of methoxy groups -OCH3 is 1. The van der Waals surface area contributed by atoms with Crippen molar-refractivity contribution in [3.8, 4) is 0 Å². The van der Waals surface area contributed by atoms with Crippen LogP contribution >= 0.6 is 0 Å². The van der Waals surface area contributed by atoms with E-state index >= 15 is 0 Å². The molecule has 2 bridgehead atoms. The van der Waals surface area contributed by atoms with Crippen LogP contribution in [0, 0.1) is 24.7 Å². The smallest absolute Gasteiger partial charge is 0.251 e. The normalized spacial score (nSPS) is 24.8. The minimum Gasteiger partial charge on any atom is -0.383 e. The van der Waals surface area contributed by atoms with Crippen molar-refractivity contribution in [2.45, 2.75) is 37.5 Å². The predicted octanol–water partition coefficient (Wildman–Crippen LogP) is 2.09. The Kier molecular flexibility index (Phi) is 5.99. The fourth-order valence-corrected chi connectivity index (χ4v) is 5.36. The van der Waals surface area contributed by atoms with Gasteiger partial charge in [0.05, 0.1) is 11.5 Å². The van der Waals surface area contributed by atoms with Gasteiger partial charge < -0.3 is 10.1 Å². The average molecular weight is 381 g/mol. The lowest BCUT2D eigenvalue weighted by molar-refractivity contribution is 0.0941. The summed E-state index contributed by atoms with van der Waals surface area (Å²) in [7, 11) is -2.14. The summed E-state index contributed by atoms with van der Waals surface area (Å²) in [5, 5.41) is 3.02. The van der Waals surface area contributed by atoms with Crippen LogP contribution in [-0.2, 0) is 14.8 Å². The summed E-state index contributed by atoms with van der Waals surface area (Å²) < 4.78 is 32.0. The molecule has 0 spiro atoms.